The van der Waals surface area contributed by atoms with Crippen LogP contribution in [0.15, 0.2) is 35.3 Å². The van der Waals surface area contributed by atoms with E-state index in [0.29, 0.717) is 29.9 Å². The van der Waals surface area contributed by atoms with E-state index in [9.17, 15) is 18.0 Å². The van der Waals surface area contributed by atoms with Crippen molar-refractivity contribution in [2.75, 3.05) is 29.6 Å². The lowest BCUT2D eigenvalue weighted by atomic mass is 10.0. The fourth-order valence-electron chi connectivity index (χ4n) is 5.28. The zero-order chi connectivity index (χ0) is 30.3. The quantitative estimate of drug-likeness (QED) is 0.297. The molecule has 1 aromatic carbocycles. The largest absolute Gasteiger partial charge is 0.377 e. The number of amides is 1. The molecule has 1 saturated heterocycles. The number of anilines is 2. The second-order valence-corrected chi connectivity index (χ2v) is 12.8. The maximum Gasteiger partial charge on any atom is 0.285 e. The average molecular weight is 614 g/mol. The van der Waals surface area contributed by atoms with E-state index in [4.69, 9.17) is 16.6 Å². The summed E-state index contributed by atoms with van der Waals surface area (Å²) in [6.07, 6.45) is 4.49. The summed E-state index contributed by atoms with van der Waals surface area (Å²) in [6.45, 7) is 7.07. The molecule has 0 radical (unpaired) electrons. The second kappa shape index (κ2) is 11.3. The number of benzene rings is 1. The number of pyridine rings is 1. The van der Waals surface area contributed by atoms with Crippen LogP contribution in [-0.2, 0) is 17.1 Å². The number of aromatic nitrogens is 6. The van der Waals surface area contributed by atoms with E-state index in [-0.39, 0.29) is 28.1 Å². The predicted molar refractivity (Wildman–Crippen MR) is 161 cm³/mol. The molecule has 4 heterocycles. The molecule has 4 aromatic rings. The van der Waals surface area contributed by atoms with Crippen LogP contribution in [0.4, 0.5) is 11.6 Å². The van der Waals surface area contributed by atoms with Gasteiger partial charge in [-0.2, -0.15) is 0 Å². The zero-order valence-electron chi connectivity index (χ0n) is 23.9. The fraction of sp³-hybridized carbons (Fsp3) is 0.407. The van der Waals surface area contributed by atoms with Gasteiger partial charge in [-0.25, -0.2) is 27.8 Å². The molecule has 1 aliphatic rings. The van der Waals surface area contributed by atoms with Crippen molar-refractivity contribution in [2.45, 2.75) is 45.7 Å². The summed E-state index contributed by atoms with van der Waals surface area (Å²) >= 11 is 6.02. The van der Waals surface area contributed by atoms with Gasteiger partial charge in [0.2, 0.25) is 16.0 Å². The lowest BCUT2D eigenvalue weighted by Gasteiger charge is -2.33. The predicted octanol–water partition coefficient (Wildman–Crippen LogP) is 2.89. The molecule has 0 saturated carbocycles. The number of aryl methyl sites for hydroxylation is 2. The molecule has 222 valence electrons. The molecule has 3 aromatic heterocycles. The Balaban J connectivity index is 1.49. The number of hydrogen-bond acceptors (Lipinski definition) is 10. The van der Waals surface area contributed by atoms with Gasteiger partial charge in [-0.3, -0.25) is 14.2 Å². The number of rotatable bonds is 7. The van der Waals surface area contributed by atoms with Gasteiger partial charge >= 0.3 is 0 Å². The first-order chi connectivity index (χ1) is 19.8. The maximum absolute atomic E-state index is 13.6. The number of fused-ring (bicyclic) bond motifs is 1. The van der Waals surface area contributed by atoms with Gasteiger partial charge in [0.05, 0.1) is 40.6 Å². The van der Waals surface area contributed by atoms with E-state index in [1.165, 1.54) is 6.07 Å². The molecule has 1 atom stereocenters. The van der Waals surface area contributed by atoms with E-state index >= 15 is 0 Å². The van der Waals surface area contributed by atoms with Crippen LogP contribution >= 0.6 is 11.6 Å². The van der Waals surface area contributed by atoms with Gasteiger partial charge in [-0.05, 0) is 57.4 Å². The zero-order valence-corrected chi connectivity index (χ0v) is 25.5. The van der Waals surface area contributed by atoms with E-state index in [2.05, 4.69) is 25.5 Å². The Kier molecular flexibility index (Phi) is 7.94. The second-order valence-electron chi connectivity index (χ2n) is 10.7. The first-order valence-corrected chi connectivity index (χ1v) is 15.7. The third-order valence-electron chi connectivity index (χ3n) is 7.27. The van der Waals surface area contributed by atoms with Crippen molar-refractivity contribution >= 4 is 50.1 Å². The van der Waals surface area contributed by atoms with Crippen molar-refractivity contribution < 1.29 is 13.2 Å². The summed E-state index contributed by atoms with van der Waals surface area (Å²) in [7, 11) is -2.10. The van der Waals surface area contributed by atoms with Crippen LogP contribution in [0, 0.1) is 13.8 Å². The molecule has 0 bridgehead atoms. The smallest absolute Gasteiger partial charge is 0.285 e. The number of piperidine rings is 1. The first-order valence-electron chi connectivity index (χ1n) is 13.4. The Morgan fingerprint density at radius 1 is 1.14 bits per heavy atom. The molecule has 0 spiro atoms. The van der Waals surface area contributed by atoms with Crippen molar-refractivity contribution in [2.24, 2.45) is 7.05 Å². The number of carbonyl (C=O) groups is 1. The Labute approximate surface area is 248 Å². The van der Waals surface area contributed by atoms with Crippen LogP contribution in [-0.4, -0.2) is 63.2 Å². The monoisotopic (exact) mass is 613 g/mol. The number of sulfonamides is 1. The van der Waals surface area contributed by atoms with Crippen molar-refractivity contribution in [3.05, 3.63) is 68.5 Å². The molecule has 1 fully saturated rings. The Bertz CT molecular complexity index is 1850. The third kappa shape index (κ3) is 6.09. The molecule has 15 heteroatoms. The molecule has 5 rings (SSSR count). The number of carbonyl (C=O) groups excluding carboxylic acids is 1. The highest BCUT2D eigenvalue weighted by molar-refractivity contribution is 7.89. The molecule has 1 amide bonds. The van der Waals surface area contributed by atoms with Crippen LogP contribution < -0.4 is 20.5 Å². The minimum absolute atomic E-state index is 0.0328. The Hall–Kier alpha value is -4.04. The molecule has 1 aliphatic heterocycles. The average Bonchev–Trinajstić information content (AvgIpc) is 3.37. The molecular weight excluding hydrogens is 582 g/mol. The fourth-order valence-corrected chi connectivity index (χ4v) is 5.86. The number of nitrogens with one attached hydrogen (secondary N) is 2. The lowest BCUT2D eigenvalue weighted by Crippen LogP contribution is -2.39. The topological polar surface area (TPSA) is 157 Å². The molecule has 13 nitrogen and oxygen atoms in total. The van der Waals surface area contributed by atoms with Gasteiger partial charge in [0.15, 0.2) is 5.69 Å². The normalized spacial score (nSPS) is 15.1. The van der Waals surface area contributed by atoms with Gasteiger partial charge in [0.25, 0.3) is 11.5 Å². The number of nitrogens with zero attached hydrogens (tertiary/aromatic N) is 7. The summed E-state index contributed by atoms with van der Waals surface area (Å²) in [6, 6.07) is 6.59. The van der Waals surface area contributed by atoms with E-state index in [1.807, 2.05) is 48.5 Å². The summed E-state index contributed by atoms with van der Waals surface area (Å²) < 4.78 is 28.8. The standard InChI is InChI=1S/C27H32ClN9O4S/c1-15-12-19(17(3)29-21-6-7-22(28)30-24(21)25(38)33-42(5,40)41)23-20(13-15)26(39)35(4)27(31-23)36-10-8-18(9-11-36)37-14-16(2)32-34-37/h6-7,12-14,17-18,29H,8-11H2,1-5H3,(H,33,38)/t17-/m1/s1. The first kappa shape index (κ1) is 29.5. The van der Waals surface area contributed by atoms with Gasteiger partial charge in [-0.1, -0.05) is 22.9 Å². The van der Waals surface area contributed by atoms with Crippen molar-refractivity contribution in [1.82, 2.24) is 34.3 Å². The maximum atomic E-state index is 13.6. The van der Waals surface area contributed by atoms with Crippen LogP contribution in [0.3, 0.4) is 0 Å². The molecule has 2 N–H and O–H groups in total. The molecule has 0 aliphatic carbocycles. The van der Waals surface area contributed by atoms with Crippen molar-refractivity contribution in [1.29, 1.82) is 0 Å². The third-order valence-corrected chi connectivity index (χ3v) is 8.04. The SMILES string of the molecule is Cc1cc([C@@H](C)Nc2ccc(Cl)nc2C(=O)NS(C)(=O)=O)c2nc(N3CCC(n4cc(C)nn4)CC3)n(C)c(=O)c2c1. The van der Waals surface area contributed by atoms with Gasteiger partial charge < -0.3 is 10.2 Å². The van der Waals surface area contributed by atoms with Crippen LogP contribution in [0.5, 0.6) is 0 Å². The van der Waals surface area contributed by atoms with Crippen molar-refractivity contribution in [3.8, 4) is 0 Å². The molecule has 42 heavy (non-hydrogen) atoms. The van der Waals surface area contributed by atoms with Gasteiger partial charge in [-0.15, -0.1) is 5.10 Å². The van der Waals surface area contributed by atoms with Crippen LogP contribution in [0.1, 0.15) is 59.2 Å². The van der Waals surface area contributed by atoms with Gasteiger partial charge in [0, 0.05) is 31.9 Å². The lowest BCUT2D eigenvalue weighted by molar-refractivity contribution is 0.0977. The molecule has 0 unspecified atom stereocenters. The van der Waals surface area contributed by atoms with E-state index in [1.54, 1.807) is 17.7 Å². The van der Waals surface area contributed by atoms with E-state index in [0.717, 1.165) is 35.9 Å². The van der Waals surface area contributed by atoms with Crippen LogP contribution in [0.25, 0.3) is 10.9 Å². The van der Waals surface area contributed by atoms with Crippen LogP contribution in [0.2, 0.25) is 5.15 Å². The highest BCUT2D eigenvalue weighted by Gasteiger charge is 2.26. The highest BCUT2D eigenvalue weighted by Crippen LogP contribution is 2.30. The van der Waals surface area contributed by atoms with Crippen molar-refractivity contribution in [3.63, 3.8) is 0 Å². The number of hydrogen-bond donors (Lipinski definition) is 2. The summed E-state index contributed by atoms with van der Waals surface area (Å²) in [5, 5.41) is 12.1. The summed E-state index contributed by atoms with van der Waals surface area (Å²) in [5.41, 5.74) is 2.95. The summed E-state index contributed by atoms with van der Waals surface area (Å²) in [5.74, 6) is -0.345. The van der Waals surface area contributed by atoms with Gasteiger partial charge in [0.1, 0.15) is 5.15 Å². The Morgan fingerprint density at radius 2 is 1.86 bits per heavy atom. The highest BCUT2D eigenvalue weighted by atomic mass is 35.5. The summed E-state index contributed by atoms with van der Waals surface area (Å²) in [4.78, 5) is 37.5. The van der Waals surface area contributed by atoms with E-state index < -0.39 is 22.0 Å². The minimum atomic E-state index is -3.83. The molecular formula is C27H32ClN9O4S. The minimum Gasteiger partial charge on any atom is -0.377 e. The Morgan fingerprint density at radius 3 is 2.50 bits per heavy atom. The number of halogens is 1.